The molecule has 1 atom stereocenters. The summed E-state index contributed by atoms with van der Waals surface area (Å²) in [4.78, 5) is 30.5. The lowest BCUT2D eigenvalue weighted by atomic mass is 10.0. The average Bonchev–Trinajstić information content (AvgIpc) is 2.59. The van der Waals surface area contributed by atoms with Gasteiger partial charge >= 0.3 is 5.69 Å². The number of rotatable bonds is 3. The molecular weight excluding hydrogens is 294 g/mol. The molecule has 0 spiro atoms. The molecule has 0 radical (unpaired) electrons. The number of pyridine rings is 1. The topological polar surface area (TPSA) is 72.2 Å². The Bertz CT molecular complexity index is 796. The van der Waals surface area contributed by atoms with Crippen LogP contribution in [0.3, 0.4) is 0 Å². The minimum absolute atomic E-state index is 0.189. The van der Waals surface area contributed by atoms with Crippen molar-refractivity contribution in [2.45, 2.75) is 12.6 Å². The van der Waals surface area contributed by atoms with Crippen molar-refractivity contribution >= 4 is 0 Å². The minimum Gasteiger partial charge on any atom is -0.314 e. The summed E-state index contributed by atoms with van der Waals surface area (Å²) in [6, 6.07) is 4.20. The summed E-state index contributed by atoms with van der Waals surface area (Å²) in [6.45, 7) is 3.08. The van der Waals surface area contributed by atoms with Gasteiger partial charge in [0.2, 0.25) is 0 Å². The second-order valence-corrected chi connectivity index (χ2v) is 5.88. The molecule has 1 N–H and O–H groups in total. The lowest BCUT2D eigenvalue weighted by molar-refractivity contribution is 0.152. The Kier molecular flexibility index (Phi) is 4.40. The fourth-order valence-corrected chi connectivity index (χ4v) is 3.06. The third kappa shape index (κ3) is 3.11. The van der Waals surface area contributed by atoms with Crippen molar-refractivity contribution in [3.8, 4) is 0 Å². The number of piperazine rings is 1. The fourth-order valence-electron chi connectivity index (χ4n) is 3.06. The Morgan fingerprint density at radius 2 is 2.00 bits per heavy atom. The Hall–Kier alpha value is -2.25. The normalized spacial score (nSPS) is 19.0. The first-order valence-corrected chi connectivity index (χ1v) is 7.68. The Morgan fingerprint density at radius 1 is 1.26 bits per heavy atom. The molecule has 7 heteroatoms. The summed E-state index contributed by atoms with van der Waals surface area (Å²) in [5, 5.41) is 3.39. The zero-order valence-corrected chi connectivity index (χ0v) is 13.4. The van der Waals surface area contributed by atoms with Crippen molar-refractivity contribution in [3.63, 3.8) is 0 Å². The minimum atomic E-state index is -0.301. The number of hydrogen-bond donors (Lipinski definition) is 1. The van der Waals surface area contributed by atoms with Crippen molar-refractivity contribution in [1.29, 1.82) is 0 Å². The van der Waals surface area contributed by atoms with Crippen LogP contribution >= 0.6 is 0 Å². The molecule has 0 aromatic carbocycles. The van der Waals surface area contributed by atoms with Crippen LogP contribution in [0, 0.1) is 0 Å². The molecule has 0 bridgehead atoms. The van der Waals surface area contributed by atoms with Crippen molar-refractivity contribution < 1.29 is 0 Å². The highest BCUT2D eigenvalue weighted by molar-refractivity contribution is 5.17. The Morgan fingerprint density at radius 3 is 2.74 bits per heavy atom. The number of hydrogen-bond acceptors (Lipinski definition) is 5. The predicted octanol–water partition coefficient (Wildman–Crippen LogP) is -0.374. The van der Waals surface area contributed by atoms with E-state index in [2.05, 4.69) is 15.2 Å². The molecule has 1 aliphatic rings. The van der Waals surface area contributed by atoms with Gasteiger partial charge in [0.25, 0.3) is 5.56 Å². The molecule has 3 heterocycles. The van der Waals surface area contributed by atoms with Gasteiger partial charge in [-0.15, -0.1) is 0 Å². The first-order valence-electron chi connectivity index (χ1n) is 7.68. The van der Waals surface area contributed by atoms with E-state index in [1.807, 2.05) is 12.1 Å². The van der Waals surface area contributed by atoms with E-state index in [0.717, 1.165) is 19.6 Å². The molecule has 0 saturated carbocycles. The first kappa shape index (κ1) is 15.6. The van der Waals surface area contributed by atoms with E-state index < -0.39 is 0 Å². The lowest BCUT2D eigenvalue weighted by Crippen LogP contribution is -2.47. The smallest absolute Gasteiger partial charge is 0.314 e. The molecule has 2 aromatic heterocycles. The van der Waals surface area contributed by atoms with Crippen molar-refractivity contribution in [3.05, 3.63) is 62.7 Å². The quantitative estimate of drug-likeness (QED) is 0.836. The lowest BCUT2D eigenvalue weighted by Gasteiger charge is -2.36. The highest BCUT2D eigenvalue weighted by atomic mass is 16.2. The number of nitrogens with zero attached hydrogens (tertiary/aromatic N) is 4. The molecule has 122 valence electrons. The van der Waals surface area contributed by atoms with Gasteiger partial charge in [0.1, 0.15) is 0 Å². The van der Waals surface area contributed by atoms with Crippen LogP contribution in [-0.4, -0.2) is 38.7 Å². The van der Waals surface area contributed by atoms with E-state index in [4.69, 9.17) is 0 Å². The van der Waals surface area contributed by atoms with E-state index in [1.54, 1.807) is 25.6 Å². The van der Waals surface area contributed by atoms with Crippen LogP contribution in [0.5, 0.6) is 0 Å². The molecular formula is C16H21N5O2. The second-order valence-electron chi connectivity index (χ2n) is 5.88. The molecule has 1 saturated heterocycles. The van der Waals surface area contributed by atoms with E-state index >= 15 is 0 Å². The molecule has 0 amide bonds. The maximum atomic E-state index is 12.4. The monoisotopic (exact) mass is 315 g/mol. The van der Waals surface area contributed by atoms with Crippen LogP contribution in [-0.2, 0) is 20.6 Å². The molecule has 3 rings (SSSR count). The SMILES string of the molecule is Cn1cc(CN2CCNCC2c2ccncc2)c(=O)n(C)c1=O. The molecule has 7 nitrogen and oxygen atoms in total. The van der Waals surface area contributed by atoms with Gasteiger partial charge in [0.05, 0.1) is 0 Å². The Labute approximate surface area is 134 Å². The average molecular weight is 315 g/mol. The van der Waals surface area contributed by atoms with Crippen molar-refractivity contribution in [1.82, 2.24) is 24.3 Å². The third-order valence-corrected chi connectivity index (χ3v) is 4.34. The van der Waals surface area contributed by atoms with Crippen molar-refractivity contribution in [2.24, 2.45) is 14.1 Å². The van der Waals surface area contributed by atoms with Crippen LogP contribution in [0.2, 0.25) is 0 Å². The largest absolute Gasteiger partial charge is 0.330 e. The van der Waals surface area contributed by atoms with Gasteiger partial charge < -0.3 is 9.88 Å². The summed E-state index contributed by atoms with van der Waals surface area (Å²) < 4.78 is 2.62. The van der Waals surface area contributed by atoms with Crippen molar-refractivity contribution in [2.75, 3.05) is 19.6 Å². The number of aromatic nitrogens is 3. The van der Waals surface area contributed by atoms with Gasteiger partial charge in [-0.1, -0.05) is 0 Å². The molecule has 0 aliphatic carbocycles. The highest BCUT2D eigenvalue weighted by Gasteiger charge is 2.24. The van der Waals surface area contributed by atoms with Gasteiger partial charge in [-0.05, 0) is 17.7 Å². The fraction of sp³-hybridized carbons (Fsp3) is 0.438. The van der Waals surface area contributed by atoms with Gasteiger partial charge in [0, 0.05) is 70.5 Å². The zero-order valence-electron chi connectivity index (χ0n) is 13.4. The molecule has 2 aromatic rings. The van der Waals surface area contributed by atoms with Crippen LogP contribution in [0.25, 0.3) is 0 Å². The van der Waals surface area contributed by atoms with E-state index in [9.17, 15) is 9.59 Å². The van der Waals surface area contributed by atoms with E-state index in [1.165, 1.54) is 21.7 Å². The molecule has 1 fully saturated rings. The zero-order chi connectivity index (χ0) is 16.4. The molecule has 23 heavy (non-hydrogen) atoms. The second kappa shape index (κ2) is 6.47. The van der Waals surface area contributed by atoms with Gasteiger partial charge in [-0.3, -0.25) is 19.2 Å². The maximum absolute atomic E-state index is 12.4. The van der Waals surface area contributed by atoms with Crippen LogP contribution < -0.4 is 16.6 Å². The number of nitrogens with one attached hydrogen (secondary N) is 1. The Balaban J connectivity index is 1.92. The summed E-state index contributed by atoms with van der Waals surface area (Å²) in [6.07, 6.45) is 5.22. The third-order valence-electron chi connectivity index (χ3n) is 4.34. The van der Waals surface area contributed by atoms with Gasteiger partial charge in [0.15, 0.2) is 0 Å². The molecule has 1 unspecified atom stereocenters. The van der Waals surface area contributed by atoms with Crippen LogP contribution in [0.4, 0.5) is 0 Å². The molecule has 1 aliphatic heterocycles. The van der Waals surface area contributed by atoms with E-state index in [-0.39, 0.29) is 17.3 Å². The standard InChI is InChI=1S/C16H21N5O2/c1-19-10-13(15(22)20(2)16(19)23)11-21-8-7-18-9-14(21)12-3-5-17-6-4-12/h3-6,10,14,18H,7-9,11H2,1-2H3. The first-order chi connectivity index (χ1) is 11.1. The summed E-state index contributed by atoms with van der Waals surface area (Å²) in [5.41, 5.74) is 1.29. The maximum Gasteiger partial charge on any atom is 0.330 e. The van der Waals surface area contributed by atoms with Gasteiger partial charge in [-0.2, -0.15) is 0 Å². The summed E-state index contributed by atoms with van der Waals surface area (Å²) in [7, 11) is 3.19. The van der Waals surface area contributed by atoms with E-state index in [0.29, 0.717) is 12.1 Å². The van der Waals surface area contributed by atoms with Gasteiger partial charge in [-0.25, -0.2) is 4.79 Å². The summed E-state index contributed by atoms with van der Waals surface area (Å²) in [5.74, 6) is 0. The highest BCUT2D eigenvalue weighted by Crippen LogP contribution is 2.22. The number of aryl methyl sites for hydroxylation is 1. The van der Waals surface area contributed by atoms with Crippen LogP contribution in [0.15, 0.2) is 40.3 Å². The van der Waals surface area contributed by atoms with Crippen LogP contribution in [0.1, 0.15) is 17.2 Å². The predicted molar refractivity (Wildman–Crippen MR) is 87.2 cm³/mol. The summed E-state index contributed by atoms with van der Waals surface area (Å²) >= 11 is 0.